The van der Waals surface area contributed by atoms with Gasteiger partial charge in [0.25, 0.3) is 17.4 Å². The Morgan fingerprint density at radius 1 is 0.840 bits per heavy atom. The fourth-order valence-corrected chi connectivity index (χ4v) is 10.3. The van der Waals surface area contributed by atoms with Crippen LogP contribution in [0.3, 0.4) is 0 Å². The number of hydrogen-bond acceptors (Lipinski definition) is 13. The van der Waals surface area contributed by atoms with Crippen LogP contribution in [-0.4, -0.2) is 98.2 Å². The van der Waals surface area contributed by atoms with Crippen LogP contribution >= 0.6 is 0 Å². The number of nitrogens with one attached hydrogen (secondary N) is 4. The molecule has 20 heteroatoms. The fourth-order valence-electron chi connectivity index (χ4n) is 10.3. The molecule has 0 saturated carbocycles. The molecule has 1 aliphatic carbocycles. The summed E-state index contributed by atoms with van der Waals surface area (Å²) in [4.78, 5) is 134. The van der Waals surface area contributed by atoms with E-state index in [9.17, 15) is 53.1 Å². The number of benzene rings is 2. The number of cyclic esters (lactones) is 1. The third kappa shape index (κ3) is 11.8. The monoisotopic (exact) mass is 1030 g/mol. The number of fused-ring (bicyclic) bond motifs is 5. The predicted molar refractivity (Wildman–Crippen MR) is 269 cm³/mol. The van der Waals surface area contributed by atoms with Gasteiger partial charge in [-0.25, -0.2) is 14.2 Å². The Kier molecular flexibility index (Phi) is 16.6. The van der Waals surface area contributed by atoms with Crippen LogP contribution in [-0.2, 0) is 79.5 Å². The number of esters is 1. The number of Topliss-reactive ketones (excluding diaryl/α,β-unsaturated/α-hetero) is 2. The number of aryl methyl sites for hydroxylation is 1. The van der Waals surface area contributed by atoms with E-state index in [4.69, 9.17) is 9.72 Å². The summed E-state index contributed by atoms with van der Waals surface area (Å²) in [6.07, 6.45) is 4.73. The van der Waals surface area contributed by atoms with Gasteiger partial charge in [0, 0.05) is 86.3 Å². The molecule has 3 atom stereocenters. The molecule has 5 heterocycles. The fraction of sp³-hybridized carbons (Fsp3) is 0.436. The molecule has 0 saturated heterocycles. The number of amides is 6. The van der Waals surface area contributed by atoms with E-state index < -0.39 is 52.6 Å². The van der Waals surface area contributed by atoms with Gasteiger partial charge in [-0.2, -0.15) is 0 Å². The number of aromatic nitrogens is 2. The molecule has 4 aliphatic rings. The SMILES string of the molecule is CC[C@@]1(O)C(=O)OCc2c1cc1n(c2=O)Cc2c-1nc1cc(F)c(C)c3c1c2C(NC(=O)CCCNC(=O)CCC(=O)[C@H](Cc1ccccc1)NC(=O)CCC(=O)CNC(=O)CCCCCN1C(=O)C=CC1=O)CC3. The molecular formula is C55H60FN7O12. The van der Waals surface area contributed by atoms with Gasteiger partial charge in [0.05, 0.1) is 47.6 Å². The third-order valence-corrected chi connectivity index (χ3v) is 14.5. The Morgan fingerprint density at radius 2 is 1.56 bits per heavy atom. The summed E-state index contributed by atoms with van der Waals surface area (Å²) in [5.74, 6) is -4.41. The second kappa shape index (κ2) is 23.2. The van der Waals surface area contributed by atoms with Crippen molar-refractivity contribution in [3.8, 4) is 11.4 Å². The van der Waals surface area contributed by atoms with E-state index in [0.717, 1.165) is 16.0 Å². The van der Waals surface area contributed by atoms with E-state index in [2.05, 4.69) is 21.3 Å². The number of aliphatic hydroxyl groups is 1. The van der Waals surface area contributed by atoms with Crippen LogP contribution in [0.15, 0.2) is 59.4 Å². The number of carbonyl (C=O) groups is 9. The Bertz CT molecular complexity index is 3080. The van der Waals surface area contributed by atoms with E-state index in [1.165, 1.54) is 22.8 Å². The van der Waals surface area contributed by atoms with Crippen LogP contribution in [0.5, 0.6) is 0 Å². The number of carbonyl (C=O) groups excluding carboxylic acids is 9. The number of ketones is 2. The number of ether oxygens (including phenoxy) is 1. The lowest BCUT2D eigenvalue weighted by Crippen LogP contribution is -2.44. The van der Waals surface area contributed by atoms with Crippen LogP contribution in [0.2, 0.25) is 0 Å². The van der Waals surface area contributed by atoms with Gasteiger partial charge < -0.3 is 35.7 Å². The maximum Gasteiger partial charge on any atom is 0.343 e. The van der Waals surface area contributed by atoms with Crippen LogP contribution in [0.25, 0.3) is 22.3 Å². The number of imide groups is 1. The standard InChI is InChI=1S/C55H60FN7O12/c1-3-55(74)37-26-42-52-35(29-63(42)53(72)36(37)30-75-54(55)73)51-39(17-16-34-31(2)38(56)27-41(61-52)50(34)51)59-46(68)14-10-23-57-45(67)20-18-43(65)40(25-32-11-6-4-7-12-32)60-47(69)19-15-33(64)28-58-44(66)13-8-5-9-24-62-48(70)21-22-49(62)71/h4,6-7,11-12,21-22,26-27,39-40,74H,3,5,8-10,13-20,23-25,28-30H2,1-2H3,(H,57,67)(H,58,66)(H,59,68)(H,60,69)/t39?,40-,55-/m0/s1. The molecule has 75 heavy (non-hydrogen) atoms. The van der Waals surface area contributed by atoms with Gasteiger partial charge in [-0.05, 0) is 80.2 Å². The van der Waals surface area contributed by atoms with Crippen LogP contribution in [0.1, 0.15) is 129 Å². The van der Waals surface area contributed by atoms with Crippen molar-refractivity contribution in [2.45, 2.75) is 135 Å². The summed E-state index contributed by atoms with van der Waals surface area (Å²) in [7, 11) is 0. The Labute approximate surface area is 431 Å². The third-order valence-electron chi connectivity index (χ3n) is 14.5. The molecule has 0 fully saturated rings. The van der Waals surface area contributed by atoms with E-state index in [1.54, 1.807) is 44.2 Å². The van der Waals surface area contributed by atoms with E-state index in [1.807, 2.05) is 6.07 Å². The molecule has 2 aromatic carbocycles. The molecule has 8 rings (SSSR count). The van der Waals surface area contributed by atoms with Gasteiger partial charge in [0.1, 0.15) is 12.4 Å². The molecule has 3 aliphatic heterocycles. The largest absolute Gasteiger partial charge is 0.458 e. The minimum Gasteiger partial charge on any atom is -0.458 e. The van der Waals surface area contributed by atoms with Crippen LogP contribution in [0.4, 0.5) is 4.39 Å². The molecule has 4 aromatic rings. The Hall–Kier alpha value is -7.74. The molecule has 6 amide bonds. The van der Waals surface area contributed by atoms with Gasteiger partial charge in [0.2, 0.25) is 23.6 Å². The summed E-state index contributed by atoms with van der Waals surface area (Å²) in [5, 5.41) is 23.2. The normalized spacial score (nSPS) is 17.5. The minimum atomic E-state index is -2.03. The second-order valence-electron chi connectivity index (χ2n) is 19.5. The number of nitrogens with zero attached hydrogens (tertiary/aromatic N) is 3. The van der Waals surface area contributed by atoms with Gasteiger partial charge in [-0.1, -0.05) is 43.7 Å². The second-order valence-corrected chi connectivity index (χ2v) is 19.5. The minimum absolute atomic E-state index is 0.0324. The zero-order valence-electron chi connectivity index (χ0n) is 41.9. The first kappa shape index (κ1) is 53.5. The van der Waals surface area contributed by atoms with Gasteiger partial charge in [-0.3, -0.25) is 48.1 Å². The molecule has 394 valence electrons. The maximum absolute atomic E-state index is 15.4. The lowest BCUT2D eigenvalue weighted by atomic mass is 9.81. The molecule has 2 aromatic heterocycles. The molecule has 5 N–H and O–H groups in total. The molecule has 0 bridgehead atoms. The highest BCUT2D eigenvalue weighted by molar-refractivity contribution is 6.12. The van der Waals surface area contributed by atoms with Gasteiger partial charge in [0.15, 0.2) is 17.2 Å². The smallest absolute Gasteiger partial charge is 0.343 e. The van der Waals surface area contributed by atoms with Crippen molar-refractivity contribution in [2.24, 2.45) is 0 Å². The first-order valence-electron chi connectivity index (χ1n) is 25.5. The van der Waals surface area contributed by atoms with Crippen molar-refractivity contribution < 1.29 is 57.4 Å². The predicted octanol–water partition coefficient (Wildman–Crippen LogP) is 3.55. The summed E-state index contributed by atoms with van der Waals surface area (Å²) < 4.78 is 22.1. The van der Waals surface area contributed by atoms with E-state index >= 15 is 4.39 Å². The lowest BCUT2D eigenvalue weighted by molar-refractivity contribution is -0.172. The molecule has 0 radical (unpaired) electrons. The van der Waals surface area contributed by atoms with Crippen LogP contribution < -0.4 is 26.8 Å². The summed E-state index contributed by atoms with van der Waals surface area (Å²) in [5.41, 5.74) is 2.31. The summed E-state index contributed by atoms with van der Waals surface area (Å²) in [6.45, 7) is 3.22. The van der Waals surface area contributed by atoms with Crippen molar-refractivity contribution in [1.82, 2.24) is 35.7 Å². The zero-order chi connectivity index (χ0) is 53.6. The van der Waals surface area contributed by atoms with Crippen molar-refractivity contribution in [3.63, 3.8) is 0 Å². The zero-order valence-corrected chi connectivity index (χ0v) is 41.9. The average Bonchev–Trinajstić information content (AvgIpc) is 3.98. The van der Waals surface area contributed by atoms with Crippen molar-refractivity contribution in [2.75, 3.05) is 19.6 Å². The van der Waals surface area contributed by atoms with E-state index in [0.29, 0.717) is 71.1 Å². The van der Waals surface area contributed by atoms with Crippen molar-refractivity contribution >= 4 is 63.9 Å². The highest BCUT2D eigenvalue weighted by Crippen LogP contribution is 2.46. The van der Waals surface area contributed by atoms with Crippen molar-refractivity contribution in [1.29, 1.82) is 0 Å². The van der Waals surface area contributed by atoms with E-state index in [-0.39, 0.29) is 131 Å². The Balaban J connectivity index is 0.805. The number of unbranched alkanes of at least 4 members (excludes halogenated alkanes) is 2. The van der Waals surface area contributed by atoms with Crippen molar-refractivity contribution in [3.05, 3.63) is 110 Å². The first-order valence-corrected chi connectivity index (χ1v) is 25.5. The average molecular weight is 1030 g/mol. The molecule has 19 nitrogen and oxygen atoms in total. The highest BCUT2D eigenvalue weighted by atomic mass is 19.1. The number of pyridine rings is 2. The lowest BCUT2D eigenvalue weighted by Gasteiger charge is -2.31. The summed E-state index contributed by atoms with van der Waals surface area (Å²) >= 11 is 0. The maximum atomic E-state index is 15.4. The highest BCUT2D eigenvalue weighted by Gasteiger charge is 2.46. The Morgan fingerprint density at radius 3 is 2.31 bits per heavy atom. The molecule has 0 spiro atoms. The molecule has 1 unspecified atom stereocenters. The first-order chi connectivity index (χ1) is 36.0. The molecular weight excluding hydrogens is 970 g/mol. The number of halogens is 1. The van der Waals surface area contributed by atoms with Gasteiger partial charge in [-0.15, -0.1) is 0 Å². The van der Waals surface area contributed by atoms with Crippen LogP contribution in [0, 0.1) is 12.7 Å². The quantitative estimate of drug-likeness (QED) is 0.0337. The topological polar surface area (TPSA) is 269 Å². The summed E-state index contributed by atoms with van der Waals surface area (Å²) in [6, 6.07) is 10.4. The van der Waals surface area contributed by atoms with Gasteiger partial charge >= 0.3 is 5.97 Å². The number of hydrogen-bond donors (Lipinski definition) is 5. The number of rotatable bonds is 24.